The Balaban J connectivity index is 0.00000562. The third-order valence-electron chi connectivity index (χ3n) is 15.0. The molecule has 0 unspecified atom stereocenters. The molecule has 67 heavy (non-hydrogen) atoms. The molecule has 9 nitrogen and oxygen atoms in total. The summed E-state index contributed by atoms with van der Waals surface area (Å²) >= 11 is 3.59. The number of hydrogen-bond acceptors (Lipinski definition) is 10. The maximum atomic E-state index is 12.9. The zero-order valence-corrected chi connectivity index (χ0v) is 40.4. The van der Waals surface area contributed by atoms with Crippen molar-refractivity contribution in [2.45, 2.75) is 123 Å². The van der Waals surface area contributed by atoms with Gasteiger partial charge in [0.05, 0.1) is 0 Å². The van der Waals surface area contributed by atoms with E-state index in [-0.39, 0.29) is 29.3 Å². The number of esters is 2. The molecule has 0 aromatic heterocycles. The summed E-state index contributed by atoms with van der Waals surface area (Å²) in [4.78, 5) is 60.7. The van der Waals surface area contributed by atoms with E-state index in [9.17, 15) is 19.2 Å². The molecule has 0 atom stereocenters. The van der Waals surface area contributed by atoms with Crippen molar-refractivity contribution in [3.8, 4) is 0 Å². The molecule has 4 aromatic carbocycles. The molecule has 4 aliphatic heterocycles. The van der Waals surface area contributed by atoms with Gasteiger partial charge in [0.15, 0.2) is 11.6 Å². The largest absolute Gasteiger partial charge is 0.454 e. The molecule has 4 aromatic rings. The summed E-state index contributed by atoms with van der Waals surface area (Å²) in [6.45, 7) is 9.38. The molecule has 4 fully saturated rings. The van der Waals surface area contributed by atoms with E-state index in [1.807, 2.05) is 12.1 Å². The standard InChI is InChI=1S/C56H60N2O6S2.H2O/c1-35(59)41-15-21-51-47(31-41)53(45-7-3-5-9-49(45)65-51)39-23-27-57(28-24-39)33-37-11-17-43(18-12-37)63-55(61)56(62)64-44-19-13-38(14-20-44)34-58-29-25-40(26-30-58)54-46-8-4-6-10-50(46)66-52-22-16-42(36(2)60)32-48(52)54;/h3-10,15-16,21-22,31-32,37-38,43-44H,11-14,17-20,23-30,33-34H2,1-2H3;1H2. The first-order chi connectivity index (χ1) is 32.1. The molecule has 2 N–H and O–H groups in total. The molecular weight excluding hydrogens is 877 g/mol. The minimum absolute atomic E-state index is 0. The molecule has 2 saturated carbocycles. The first-order valence-electron chi connectivity index (χ1n) is 24.3. The molecule has 0 radical (unpaired) electrons. The monoisotopic (exact) mass is 938 g/mol. The van der Waals surface area contributed by atoms with Gasteiger partial charge in [-0.2, -0.15) is 0 Å². The van der Waals surface area contributed by atoms with Gasteiger partial charge in [0.1, 0.15) is 12.2 Å². The van der Waals surface area contributed by atoms with E-state index in [1.54, 1.807) is 37.4 Å². The van der Waals surface area contributed by atoms with E-state index in [0.29, 0.717) is 11.8 Å². The maximum absolute atomic E-state index is 12.9. The molecular formula is C56H62N2O7S2. The summed E-state index contributed by atoms with van der Waals surface area (Å²) < 4.78 is 11.5. The fourth-order valence-corrected chi connectivity index (χ4v) is 13.5. The summed E-state index contributed by atoms with van der Waals surface area (Å²) in [6, 6.07) is 29.6. The van der Waals surface area contributed by atoms with Crippen molar-refractivity contribution in [3.63, 3.8) is 0 Å². The highest BCUT2D eigenvalue weighted by Gasteiger charge is 2.34. The van der Waals surface area contributed by atoms with Crippen LogP contribution in [-0.2, 0) is 19.1 Å². The van der Waals surface area contributed by atoms with Crippen molar-refractivity contribution in [1.82, 2.24) is 9.80 Å². The Morgan fingerprint density at radius 3 is 1.22 bits per heavy atom. The van der Waals surface area contributed by atoms with Crippen LogP contribution in [0.15, 0.2) is 116 Å². The van der Waals surface area contributed by atoms with Crippen LogP contribution in [0.4, 0.5) is 0 Å². The second-order valence-corrected chi connectivity index (χ2v) is 21.6. The van der Waals surface area contributed by atoms with Gasteiger partial charge in [-0.3, -0.25) is 9.59 Å². The molecule has 2 saturated heterocycles. The summed E-state index contributed by atoms with van der Waals surface area (Å²) in [5, 5.41) is 0. The summed E-state index contributed by atoms with van der Waals surface area (Å²) in [6.07, 6.45) is 10.6. The lowest BCUT2D eigenvalue weighted by molar-refractivity contribution is -0.176. The zero-order chi connectivity index (χ0) is 45.3. The maximum Gasteiger partial charge on any atom is 0.417 e. The number of hydrogen-bond donors (Lipinski definition) is 0. The smallest absolute Gasteiger partial charge is 0.417 e. The molecule has 4 heterocycles. The van der Waals surface area contributed by atoms with Crippen LogP contribution >= 0.6 is 23.5 Å². The van der Waals surface area contributed by atoms with Crippen LogP contribution in [0.3, 0.4) is 0 Å². The van der Waals surface area contributed by atoms with Gasteiger partial charge in [-0.1, -0.05) is 83.2 Å². The van der Waals surface area contributed by atoms with Crippen molar-refractivity contribution < 1.29 is 34.1 Å². The highest BCUT2D eigenvalue weighted by atomic mass is 32.2. The number of likely N-dealkylation sites (tertiary alicyclic amines) is 2. The normalized spacial score (nSPS) is 22.9. The van der Waals surface area contributed by atoms with Crippen LogP contribution in [0.25, 0.3) is 11.1 Å². The van der Waals surface area contributed by atoms with E-state index in [1.165, 1.54) is 64.1 Å². The second-order valence-electron chi connectivity index (χ2n) is 19.4. The van der Waals surface area contributed by atoms with E-state index in [2.05, 4.69) is 82.6 Å². The van der Waals surface area contributed by atoms with Gasteiger partial charge in [-0.25, -0.2) is 9.59 Å². The zero-order valence-electron chi connectivity index (χ0n) is 38.8. The molecule has 0 spiro atoms. The Morgan fingerprint density at radius 1 is 0.493 bits per heavy atom. The lowest BCUT2D eigenvalue weighted by Crippen LogP contribution is -2.38. The van der Waals surface area contributed by atoms with Gasteiger partial charge in [0, 0.05) is 70.0 Å². The quantitative estimate of drug-likeness (QED) is 0.0827. The Hall–Kier alpha value is -4.78. The number of ketones is 2. The summed E-state index contributed by atoms with van der Waals surface area (Å²) in [5.41, 5.74) is 12.0. The average molecular weight is 939 g/mol. The van der Waals surface area contributed by atoms with Crippen LogP contribution in [0.1, 0.15) is 134 Å². The second kappa shape index (κ2) is 20.8. The van der Waals surface area contributed by atoms with Gasteiger partial charge in [0.2, 0.25) is 0 Å². The predicted octanol–water partition coefficient (Wildman–Crippen LogP) is 10.9. The van der Waals surface area contributed by atoms with Crippen LogP contribution < -0.4 is 0 Å². The molecule has 350 valence electrons. The van der Waals surface area contributed by atoms with Crippen molar-refractivity contribution in [2.75, 3.05) is 39.3 Å². The number of carbonyl (C=O) groups excluding carboxylic acids is 4. The topological polar surface area (TPSA) is 125 Å². The Kier molecular flexibility index (Phi) is 14.7. The number of nitrogens with zero attached hydrogens (tertiary/aromatic N) is 2. The Bertz CT molecular complexity index is 2420. The third kappa shape index (κ3) is 10.5. The summed E-state index contributed by atoms with van der Waals surface area (Å²) in [5.74, 6) is -0.405. The SMILES string of the molecule is CC(=O)c1ccc2c(c1)C(=C1CCN(CC3CCC(OC(=O)C(=O)OC4CCC(CN5CCC(=C6c7ccccc7Sc7ccc(C(C)=O)cc76)CC5)CC4)CC3)CC1)c1ccccc1S2.O. The number of ether oxygens (including phenoxy) is 2. The van der Waals surface area contributed by atoms with Crippen LogP contribution in [0.2, 0.25) is 0 Å². The van der Waals surface area contributed by atoms with Gasteiger partial charge < -0.3 is 24.7 Å². The number of benzene rings is 4. The minimum Gasteiger partial charge on any atom is -0.454 e. The van der Waals surface area contributed by atoms with Crippen LogP contribution in [0, 0.1) is 11.8 Å². The highest BCUT2D eigenvalue weighted by molar-refractivity contribution is 7.99. The predicted molar refractivity (Wildman–Crippen MR) is 265 cm³/mol. The van der Waals surface area contributed by atoms with E-state index < -0.39 is 11.9 Å². The van der Waals surface area contributed by atoms with Gasteiger partial charge in [-0.05, 0) is 173 Å². The van der Waals surface area contributed by atoms with Crippen LogP contribution in [-0.4, -0.2) is 90.3 Å². The van der Waals surface area contributed by atoms with E-state index >= 15 is 0 Å². The Morgan fingerprint density at radius 2 is 0.851 bits per heavy atom. The number of Topliss-reactive ketones (excluding diaryl/α,β-unsaturated/α-hetero) is 2. The molecule has 6 aliphatic rings. The van der Waals surface area contributed by atoms with Crippen LogP contribution in [0.5, 0.6) is 0 Å². The third-order valence-corrected chi connectivity index (χ3v) is 17.3. The van der Waals surface area contributed by atoms with E-state index in [4.69, 9.17) is 9.47 Å². The molecule has 11 heteroatoms. The fraction of sp³-hybridized carbons (Fsp3) is 0.429. The van der Waals surface area contributed by atoms with Gasteiger partial charge in [-0.15, -0.1) is 0 Å². The number of carbonyl (C=O) groups is 4. The Labute approximate surface area is 403 Å². The number of piperidine rings is 2. The van der Waals surface area contributed by atoms with Crippen molar-refractivity contribution >= 4 is 58.2 Å². The average Bonchev–Trinajstić information content (AvgIpc) is 3.34. The first kappa shape index (κ1) is 47.3. The van der Waals surface area contributed by atoms with Crippen molar-refractivity contribution in [3.05, 3.63) is 129 Å². The molecule has 0 bridgehead atoms. The number of fused-ring (bicyclic) bond motifs is 4. The molecule has 2 aliphatic carbocycles. The number of rotatable bonds is 8. The molecule has 0 amide bonds. The minimum atomic E-state index is -0.839. The van der Waals surface area contributed by atoms with E-state index in [0.717, 1.165) is 127 Å². The van der Waals surface area contributed by atoms with Crippen molar-refractivity contribution in [2.24, 2.45) is 11.8 Å². The fourth-order valence-electron chi connectivity index (χ4n) is 11.4. The first-order valence-corrected chi connectivity index (χ1v) is 25.9. The molecule has 10 rings (SSSR count). The lowest BCUT2D eigenvalue weighted by atomic mass is 9.85. The summed E-state index contributed by atoms with van der Waals surface area (Å²) in [7, 11) is 0. The van der Waals surface area contributed by atoms with Gasteiger partial charge in [0.25, 0.3) is 0 Å². The lowest BCUT2D eigenvalue weighted by Gasteiger charge is -2.36. The van der Waals surface area contributed by atoms with Gasteiger partial charge >= 0.3 is 11.9 Å². The van der Waals surface area contributed by atoms with Crippen molar-refractivity contribution in [1.29, 1.82) is 0 Å². The highest BCUT2D eigenvalue weighted by Crippen LogP contribution is 2.50.